The number of amides is 1. The van der Waals surface area contributed by atoms with Gasteiger partial charge in [0.1, 0.15) is 17.0 Å². The summed E-state index contributed by atoms with van der Waals surface area (Å²) in [5, 5.41) is 8.20. The molecule has 2 aromatic heterocycles. The molecule has 2 aromatic rings. The van der Waals surface area contributed by atoms with Crippen LogP contribution in [0.3, 0.4) is 0 Å². The van der Waals surface area contributed by atoms with Crippen molar-refractivity contribution in [2.24, 2.45) is 0 Å². The van der Waals surface area contributed by atoms with E-state index in [0.29, 0.717) is 30.4 Å². The van der Waals surface area contributed by atoms with E-state index in [0.717, 1.165) is 42.8 Å². The molecule has 0 atom stereocenters. The van der Waals surface area contributed by atoms with E-state index in [1.807, 2.05) is 6.92 Å². The van der Waals surface area contributed by atoms with Gasteiger partial charge < -0.3 is 14.7 Å². The molecule has 0 spiro atoms. The molecule has 7 heteroatoms. The molecule has 1 amide bonds. The van der Waals surface area contributed by atoms with Crippen molar-refractivity contribution in [2.45, 2.75) is 83.6 Å². The van der Waals surface area contributed by atoms with Gasteiger partial charge >= 0.3 is 0 Å². The maximum absolute atomic E-state index is 12.4. The Kier molecular flexibility index (Phi) is 6.07. The zero-order valence-electron chi connectivity index (χ0n) is 16.9. The molecule has 1 aliphatic carbocycles. The van der Waals surface area contributed by atoms with Crippen LogP contribution in [0.5, 0.6) is 0 Å². The Labute approximate surface area is 166 Å². The maximum atomic E-state index is 12.4. The summed E-state index contributed by atoms with van der Waals surface area (Å²) in [6.45, 7) is 3.94. The molecule has 1 aliphatic heterocycles. The van der Waals surface area contributed by atoms with Gasteiger partial charge in [0.05, 0.1) is 5.69 Å². The van der Waals surface area contributed by atoms with Crippen LogP contribution in [0, 0.1) is 6.92 Å². The molecule has 0 aromatic carbocycles. The van der Waals surface area contributed by atoms with Crippen molar-refractivity contribution in [2.75, 3.05) is 18.0 Å². The number of rotatable bonds is 5. The van der Waals surface area contributed by atoms with E-state index in [1.165, 1.54) is 44.9 Å². The third-order valence-corrected chi connectivity index (χ3v) is 5.99. The third-order valence-electron chi connectivity index (χ3n) is 5.99. The highest BCUT2D eigenvalue weighted by Crippen LogP contribution is 2.29. The molecular weight excluding hydrogens is 354 g/mol. The smallest absolute Gasteiger partial charge is 0.263 e. The molecule has 4 rings (SSSR count). The number of aromatic nitrogens is 3. The van der Waals surface area contributed by atoms with E-state index in [-0.39, 0.29) is 5.91 Å². The number of fused-ring (bicyclic) bond motifs is 1. The molecule has 0 radical (unpaired) electrons. The fraction of sp³-hybridized carbons (Fsp3) is 0.714. The number of anilines is 1. The Bertz CT molecular complexity index is 804. The van der Waals surface area contributed by atoms with Crippen LogP contribution in [-0.4, -0.2) is 40.2 Å². The van der Waals surface area contributed by atoms with Gasteiger partial charge in [-0.25, -0.2) is 4.98 Å². The van der Waals surface area contributed by atoms with Crippen molar-refractivity contribution in [3.05, 3.63) is 11.5 Å². The van der Waals surface area contributed by atoms with E-state index in [4.69, 9.17) is 9.51 Å². The van der Waals surface area contributed by atoms with Crippen molar-refractivity contribution >= 4 is 22.8 Å². The fourth-order valence-electron chi connectivity index (χ4n) is 4.41. The molecule has 1 saturated heterocycles. The number of nitrogens with zero attached hydrogens (tertiary/aromatic N) is 4. The van der Waals surface area contributed by atoms with Crippen LogP contribution in [0.25, 0.3) is 11.1 Å². The second-order valence-electron chi connectivity index (χ2n) is 8.22. The minimum absolute atomic E-state index is 0.0978. The van der Waals surface area contributed by atoms with Crippen LogP contribution >= 0.6 is 0 Å². The summed E-state index contributed by atoms with van der Waals surface area (Å²) >= 11 is 0. The second-order valence-corrected chi connectivity index (χ2v) is 8.22. The van der Waals surface area contributed by atoms with Gasteiger partial charge in [-0.3, -0.25) is 4.79 Å². The molecule has 7 nitrogen and oxygen atoms in total. The molecule has 0 unspecified atom stereocenters. The van der Waals surface area contributed by atoms with Crippen LogP contribution in [0.2, 0.25) is 0 Å². The average Bonchev–Trinajstić information content (AvgIpc) is 2.92. The van der Waals surface area contributed by atoms with E-state index in [9.17, 15) is 4.79 Å². The number of carbonyl (C=O) groups excluding carboxylic acids is 1. The quantitative estimate of drug-likeness (QED) is 0.845. The summed E-state index contributed by atoms with van der Waals surface area (Å²) in [5.41, 5.74) is 1.37. The van der Waals surface area contributed by atoms with E-state index < -0.39 is 0 Å². The Morgan fingerprint density at radius 3 is 2.54 bits per heavy atom. The van der Waals surface area contributed by atoms with Crippen molar-refractivity contribution in [3.63, 3.8) is 0 Å². The van der Waals surface area contributed by atoms with Gasteiger partial charge in [-0.15, -0.1) is 0 Å². The first kappa shape index (κ1) is 19.2. The predicted molar refractivity (Wildman–Crippen MR) is 108 cm³/mol. The lowest BCUT2D eigenvalue weighted by Crippen LogP contribution is -2.36. The van der Waals surface area contributed by atoms with Crippen LogP contribution in [-0.2, 0) is 11.2 Å². The Morgan fingerprint density at radius 1 is 1.07 bits per heavy atom. The fourth-order valence-corrected chi connectivity index (χ4v) is 4.41. The van der Waals surface area contributed by atoms with E-state index in [2.05, 4.69) is 20.4 Å². The van der Waals surface area contributed by atoms with Gasteiger partial charge in [-0.2, -0.15) is 4.98 Å². The first-order valence-corrected chi connectivity index (χ1v) is 10.9. The molecule has 28 heavy (non-hydrogen) atoms. The molecule has 0 bridgehead atoms. The van der Waals surface area contributed by atoms with Crippen LogP contribution in [0.4, 0.5) is 5.82 Å². The molecule has 2 aliphatic rings. The summed E-state index contributed by atoms with van der Waals surface area (Å²) in [6, 6.07) is 0.342. The Morgan fingerprint density at radius 2 is 1.79 bits per heavy atom. The SMILES string of the molecule is Cc1noc2nc(CCC(=O)NC3CCCCC3)nc(N3CCCCCC3)c12. The van der Waals surface area contributed by atoms with Gasteiger partial charge in [0.15, 0.2) is 0 Å². The summed E-state index contributed by atoms with van der Waals surface area (Å²) < 4.78 is 5.45. The number of nitrogens with one attached hydrogen (secondary N) is 1. The summed E-state index contributed by atoms with van der Waals surface area (Å²) in [5.74, 6) is 1.69. The zero-order chi connectivity index (χ0) is 19.3. The highest BCUT2D eigenvalue weighted by atomic mass is 16.5. The summed E-state index contributed by atoms with van der Waals surface area (Å²) in [7, 11) is 0. The third kappa shape index (κ3) is 4.45. The Hall–Kier alpha value is -2.18. The largest absolute Gasteiger partial charge is 0.356 e. The molecule has 2 fully saturated rings. The van der Waals surface area contributed by atoms with Gasteiger partial charge in [0.25, 0.3) is 5.71 Å². The maximum Gasteiger partial charge on any atom is 0.263 e. The minimum atomic E-state index is 0.0978. The van der Waals surface area contributed by atoms with Crippen molar-refractivity contribution in [1.29, 1.82) is 0 Å². The van der Waals surface area contributed by atoms with Crippen molar-refractivity contribution < 1.29 is 9.32 Å². The number of hydrogen-bond acceptors (Lipinski definition) is 6. The van der Waals surface area contributed by atoms with Crippen LogP contribution < -0.4 is 10.2 Å². The van der Waals surface area contributed by atoms with Crippen molar-refractivity contribution in [3.8, 4) is 0 Å². The standard InChI is InChI=1S/C21H31N5O2/c1-15-19-20(26-13-7-2-3-8-14-26)23-17(24-21(19)28-25-15)11-12-18(27)22-16-9-5-4-6-10-16/h16H,2-14H2,1H3,(H,22,27). The zero-order valence-corrected chi connectivity index (χ0v) is 16.9. The van der Waals surface area contributed by atoms with Gasteiger partial charge in [0.2, 0.25) is 5.91 Å². The highest BCUT2D eigenvalue weighted by Gasteiger charge is 2.21. The van der Waals surface area contributed by atoms with Gasteiger partial charge in [0, 0.05) is 32.0 Å². The molecule has 3 heterocycles. The van der Waals surface area contributed by atoms with Crippen molar-refractivity contribution in [1.82, 2.24) is 20.4 Å². The van der Waals surface area contributed by atoms with Crippen LogP contribution in [0.15, 0.2) is 4.52 Å². The van der Waals surface area contributed by atoms with Gasteiger partial charge in [-0.1, -0.05) is 37.3 Å². The van der Waals surface area contributed by atoms with Crippen LogP contribution in [0.1, 0.15) is 75.7 Å². The first-order chi connectivity index (χ1) is 13.7. The lowest BCUT2D eigenvalue weighted by atomic mass is 9.95. The Balaban J connectivity index is 1.48. The topological polar surface area (TPSA) is 84.1 Å². The average molecular weight is 386 g/mol. The second kappa shape index (κ2) is 8.88. The lowest BCUT2D eigenvalue weighted by Gasteiger charge is -2.23. The number of aryl methyl sites for hydroxylation is 2. The molecular formula is C21H31N5O2. The molecule has 152 valence electrons. The normalized spacial score (nSPS) is 19.0. The molecule has 1 saturated carbocycles. The highest BCUT2D eigenvalue weighted by molar-refractivity contribution is 5.88. The predicted octanol–water partition coefficient (Wildman–Crippen LogP) is 3.69. The first-order valence-electron chi connectivity index (χ1n) is 10.9. The minimum Gasteiger partial charge on any atom is -0.356 e. The monoisotopic (exact) mass is 385 g/mol. The van der Waals surface area contributed by atoms with Gasteiger partial charge in [-0.05, 0) is 32.6 Å². The van der Waals surface area contributed by atoms with E-state index in [1.54, 1.807) is 0 Å². The summed E-state index contributed by atoms with van der Waals surface area (Å²) in [6.07, 6.45) is 11.7. The summed E-state index contributed by atoms with van der Waals surface area (Å²) in [4.78, 5) is 24.1. The number of carbonyl (C=O) groups is 1. The lowest BCUT2D eigenvalue weighted by molar-refractivity contribution is -0.122. The van der Waals surface area contributed by atoms with E-state index >= 15 is 0 Å². The molecule has 1 N–H and O–H groups in total. The number of hydrogen-bond donors (Lipinski definition) is 1.